The van der Waals surface area contributed by atoms with E-state index in [1.807, 2.05) is 0 Å². The number of hydrogen-bond donors (Lipinski definition) is 0. The van der Waals surface area contributed by atoms with Gasteiger partial charge in [0.15, 0.2) is 6.10 Å². The minimum atomic E-state index is -0.765. The highest BCUT2D eigenvalue weighted by Gasteiger charge is 2.19. The van der Waals surface area contributed by atoms with E-state index in [-0.39, 0.29) is 31.1 Å². The first-order valence-corrected chi connectivity index (χ1v) is 31.2. The lowest BCUT2D eigenvalue weighted by atomic mass is 10.0. The van der Waals surface area contributed by atoms with Gasteiger partial charge in [-0.3, -0.25) is 14.4 Å². The van der Waals surface area contributed by atoms with Gasteiger partial charge in [-0.1, -0.05) is 303 Å². The van der Waals surface area contributed by atoms with Crippen LogP contribution < -0.4 is 0 Å². The van der Waals surface area contributed by atoms with Crippen LogP contribution in [0.3, 0.4) is 0 Å². The fourth-order valence-electron chi connectivity index (χ4n) is 9.56. The second-order valence-corrected chi connectivity index (χ2v) is 21.3. The van der Waals surface area contributed by atoms with Gasteiger partial charge in [0.1, 0.15) is 13.2 Å². The summed E-state index contributed by atoms with van der Waals surface area (Å²) in [6.45, 7) is 6.70. The quantitative estimate of drug-likeness (QED) is 0.0261. The molecule has 0 heterocycles. The number of rotatable bonds is 58. The molecule has 1 atom stereocenters. The van der Waals surface area contributed by atoms with Crippen molar-refractivity contribution in [3.63, 3.8) is 0 Å². The van der Waals surface area contributed by atoms with Crippen molar-refractivity contribution in [2.75, 3.05) is 13.2 Å². The number of ether oxygens (including phenoxy) is 3. The number of carbonyl (C=O) groups excluding carboxylic acids is 3. The molecule has 0 amide bonds. The van der Waals surface area contributed by atoms with Crippen LogP contribution in [-0.4, -0.2) is 37.2 Å². The zero-order chi connectivity index (χ0) is 50.0. The van der Waals surface area contributed by atoms with Gasteiger partial charge in [0.2, 0.25) is 0 Å². The van der Waals surface area contributed by atoms with Gasteiger partial charge in [0, 0.05) is 19.3 Å². The number of allylic oxidation sites excluding steroid dienone is 2. The highest BCUT2D eigenvalue weighted by Crippen LogP contribution is 2.18. The molecule has 0 rings (SSSR count). The minimum Gasteiger partial charge on any atom is -0.462 e. The standard InChI is InChI=1S/C63H120O6/c1-4-7-10-13-16-19-22-24-26-28-30-31-33-35-37-39-42-45-48-51-54-57-63(66)69-60(58-67-61(64)55-52-49-46-43-40-21-18-15-12-9-6-3)59-68-62(65)56-53-50-47-44-41-38-36-34-32-29-27-25-23-20-17-14-11-8-5-2/h24,26,60H,4-23,25,27-59H2,1-3H3/b26-24-/t60-/m0/s1. The van der Waals surface area contributed by atoms with E-state index in [4.69, 9.17) is 14.2 Å². The summed E-state index contributed by atoms with van der Waals surface area (Å²) in [5.41, 5.74) is 0. The molecule has 6 nitrogen and oxygen atoms in total. The molecule has 69 heavy (non-hydrogen) atoms. The van der Waals surface area contributed by atoms with Crippen molar-refractivity contribution in [3.8, 4) is 0 Å². The first-order chi connectivity index (χ1) is 34.0. The van der Waals surface area contributed by atoms with Crippen LogP contribution in [0.15, 0.2) is 12.2 Å². The zero-order valence-corrected chi connectivity index (χ0v) is 46.9. The van der Waals surface area contributed by atoms with Gasteiger partial charge in [0.05, 0.1) is 0 Å². The van der Waals surface area contributed by atoms with Crippen molar-refractivity contribution >= 4 is 17.9 Å². The topological polar surface area (TPSA) is 78.9 Å². The van der Waals surface area contributed by atoms with E-state index in [2.05, 4.69) is 32.9 Å². The summed E-state index contributed by atoms with van der Waals surface area (Å²) in [4.78, 5) is 38.2. The number of unbranched alkanes of at least 4 members (excludes halogenated alkanes) is 45. The van der Waals surface area contributed by atoms with Gasteiger partial charge in [0.25, 0.3) is 0 Å². The molecule has 0 saturated carbocycles. The van der Waals surface area contributed by atoms with Crippen LogP contribution in [0.1, 0.15) is 355 Å². The highest BCUT2D eigenvalue weighted by molar-refractivity contribution is 5.71. The second-order valence-electron chi connectivity index (χ2n) is 21.3. The molecule has 0 fully saturated rings. The van der Waals surface area contributed by atoms with Crippen molar-refractivity contribution in [2.24, 2.45) is 0 Å². The van der Waals surface area contributed by atoms with Crippen molar-refractivity contribution in [3.05, 3.63) is 12.2 Å². The van der Waals surface area contributed by atoms with Crippen molar-refractivity contribution in [1.29, 1.82) is 0 Å². The molecule has 0 aliphatic heterocycles. The van der Waals surface area contributed by atoms with Crippen molar-refractivity contribution in [1.82, 2.24) is 0 Å². The lowest BCUT2D eigenvalue weighted by Crippen LogP contribution is -2.30. The Hall–Kier alpha value is -1.85. The maximum atomic E-state index is 12.9. The molecule has 0 unspecified atom stereocenters. The zero-order valence-electron chi connectivity index (χ0n) is 46.9. The largest absolute Gasteiger partial charge is 0.462 e. The number of esters is 3. The maximum Gasteiger partial charge on any atom is 0.306 e. The fraction of sp³-hybridized carbons (Fsp3) is 0.921. The van der Waals surface area contributed by atoms with Crippen LogP contribution in [0.25, 0.3) is 0 Å². The van der Waals surface area contributed by atoms with Crippen LogP contribution in [0.4, 0.5) is 0 Å². The summed E-state index contributed by atoms with van der Waals surface area (Å²) >= 11 is 0. The Morgan fingerprint density at radius 1 is 0.275 bits per heavy atom. The lowest BCUT2D eigenvalue weighted by molar-refractivity contribution is -0.167. The van der Waals surface area contributed by atoms with Crippen molar-refractivity contribution < 1.29 is 28.6 Å². The normalized spacial score (nSPS) is 12.0. The summed E-state index contributed by atoms with van der Waals surface area (Å²) in [5.74, 6) is -0.837. The molecule has 0 saturated heterocycles. The third-order valence-electron chi connectivity index (χ3n) is 14.3. The van der Waals surface area contributed by atoms with Gasteiger partial charge in [-0.2, -0.15) is 0 Å². The van der Waals surface area contributed by atoms with Crippen LogP contribution in [0.5, 0.6) is 0 Å². The van der Waals surface area contributed by atoms with Gasteiger partial charge >= 0.3 is 17.9 Å². The number of hydrogen-bond acceptors (Lipinski definition) is 6. The Bertz CT molecular complexity index is 1070. The molecule has 6 heteroatoms. The predicted molar refractivity (Wildman–Crippen MR) is 298 cm³/mol. The summed E-state index contributed by atoms with van der Waals surface area (Å²) < 4.78 is 16.9. The maximum absolute atomic E-state index is 12.9. The summed E-state index contributed by atoms with van der Waals surface area (Å²) in [7, 11) is 0. The summed E-state index contributed by atoms with van der Waals surface area (Å²) in [6, 6.07) is 0. The molecule has 0 bridgehead atoms. The van der Waals surface area contributed by atoms with Crippen LogP contribution in [0, 0.1) is 0 Å². The van der Waals surface area contributed by atoms with Crippen LogP contribution in [-0.2, 0) is 28.6 Å². The fourth-order valence-corrected chi connectivity index (χ4v) is 9.56. The monoisotopic (exact) mass is 973 g/mol. The molecular weight excluding hydrogens is 853 g/mol. The molecule has 0 radical (unpaired) electrons. The van der Waals surface area contributed by atoms with Gasteiger partial charge < -0.3 is 14.2 Å². The molecule has 0 N–H and O–H groups in total. The first-order valence-electron chi connectivity index (χ1n) is 31.2. The molecule has 0 spiro atoms. The van der Waals surface area contributed by atoms with Gasteiger partial charge in [-0.15, -0.1) is 0 Å². The van der Waals surface area contributed by atoms with Gasteiger partial charge in [-0.05, 0) is 44.9 Å². The average Bonchev–Trinajstić information content (AvgIpc) is 3.35. The van der Waals surface area contributed by atoms with E-state index in [0.29, 0.717) is 19.3 Å². The van der Waals surface area contributed by atoms with E-state index < -0.39 is 6.10 Å². The Labute approximate surface area is 431 Å². The third kappa shape index (κ3) is 56.9. The number of carbonyl (C=O) groups is 3. The summed E-state index contributed by atoms with van der Waals surface area (Å²) in [6.07, 6.45) is 67.9. The third-order valence-corrected chi connectivity index (χ3v) is 14.3. The van der Waals surface area contributed by atoms with E-state index in [1.54, 1.807) is 0 Å². The van der Waals surface area contributed by atoms with E-state index >= 15 is 0 Å². The van der Waals surface area contributed by atoms with Crippen LogP contribution in [0.2, 0.25) is 0 Å². The Balaban J connectivity index is 4.23. The molecule has 0 aromatic rings. The molecule has 408 valence electrons. The minimum absolute atomic E-state index is 0.0637. The molecule has 0 aromatic heterocycles. The van der Waals surface area contributed by atoms with E-state index in [9.17, 15) is 14.4 Å². The predicted octanol–water partition coefficient (Wildman–Crippen LogP) is 20.9. The Morgan fingerprint density at radius 3 is 0.725 bits per heavy atom. The summed E-state index contributed by atoms with van der Waals surface area (Å²) in [5, 5.41) is 0. The van der Waals surface area contributed by atoms with Crippen molar-refractivity contribution in [2.45, 2.75) is 361 Å². The smallest absolute Gasteiger partial charge is 0.306 e. The first kappa shape index (κ1) is 67.1. The second kappa shape index (κ2) is 58.7. The molecule has 0 aliphatic carbocycles. The van der Waals surface area contributed by atoms with E-state index in [1.165, 1.54) is 257 Å². The Kier molecular flexibility index (Phi) is 57.1. The molecular formula is C63H120O6. The van der Waals surface area contributed by atoms with Crippen LogP contribution >= 0.6 is 0 Å². The SMILES string of the molecule is CCCCCCCC/C=C\CCCCCCCCCCCCCC(=O)O[C@@H](COC(=O)CCCCCCCCCCCCC)COC(=O)CCCCCCCCCCCCCCCCCCCCC. The average molecular weight is 974 g/mol. The lowest BCUT2D eigenvalue weighted by Gasteiger charge is -2.18. The van der Waals surface area contributed by atoms with E-state index in [0.717, 1.165) is 57.8 Å². The molecule has 0 aliphatic rings. The molecule has 0 aromatic carbocycles. The Morgan fingerprint density at radius 2 is 0.478 bits per heavy atom. The highest BCUT2D eigenvalue weighted by atomic mass is 16.6. The van der Waals surface area contributed by atoms with Gasteiger partial charge in [-0.25, -0.2) is 0 Å².